The number of rotatable bonds is 5. The molecule has 1 saturated carbocycles. The molecule has 0 N–H and O–H groups in total. The second-order valence-electron chi connectivity index (χ2n) is 10.7. The SMILES string of the molecule is CC(C)(C)OC(=O)[C@@H]1[C@@H](C(=O)c2ccccc2)[C@H](c2ccccc2)C[C@H]1C(=O)OC(C)(C)C. The maximum Gasteiger partial charge on any atom is 0.311 e. The summed E-state index contributed by atoms with van der Waals surface area (Å²) in [5.41, 5.74) is -0.0201. The van der Waals surface area contributed by atoms with Crippen LogP contribution in [-0.4, -0.2) is 28.9 Å². The standard InChI is InChI=1S/C28H34O5/c1-27(2,3)32-25(30)21-17-20(18-13-9-7-10-14-18)22(23(21)26(31)33-28(4,5)6)24(29)19-15-11-8-12-16-19/h7-16,20-23H,17H2,1-6H3/t20-,21+,22-,23-/m0/s1. The van der Waals surface area contributed by atoms with E-state index in [0.29, 0.717) is 12.0 Å². The molecule has 0 spiro atoms. The molecule has 33 heavy (non-hydrogen) atoms. The molecule has 1 aliphatic carbocycles. The Labute approximate surface area is 196 Å². The lowest BCUT2D eigenvalue weighted by Gasteiger charge is -2.29. The zero-order valence-electron chi connectivity index (χ0n) is 20.3. The quantitative estimate of drug-likeness (QED) is 0.439. The minimum atomic E-state index is -0.933. The minimum Gasteiger partial charge on any atom is -0.460 e. The maximum absolute atomic E-state index is 13.8. The van der Waals surface area contributed by atoms with Gasteiger partial charge in [0, 0.05) is 11.5 Å². The monoisotopic (exact) mass is 450 g/mol. The molecule has 3 rings (SSSR count). The predicted octanol–water partition coefficient (Wildman–Crippen LogP) is 5.59. The van der Waals surface area contributed by atoms with Gasteiger partial charge < -0.3 is 9.47 Å². The molecule has 2 aromatic carbocycles. The molecule has 0 aliphatic heterocycles. The highest BCUT2D eigenvalue weighted by Crippen LogP contribution is 2.50. The van der Waals surface area contributed by atoms with Crippen LogP contribution in [-0.2, 0) is 19.1 Å². The van der Waals surface area contributed by atoms with Gasteiger partial charge >= 0.3 is 11.9 Å². The Kier molecular flexibility index (Phi) is 7.11. The lowest BCUT2D eigenvalue weighted by atomic mass is 9.79. The van der Waals surface area contributed by atoms with E-state index in [-0.39, 0.29) is 11.7 Å². The zero-order chi connectivity index (χ0) is 24.4. The summed E-state index contributed by atoms with van der Waals surface area (Å²) in [5, 5.41) is 0. The molecule has 176 valence electrons. The number of carbonyl (C=O) groups is 3. The minimum absolute atomic E-state index is 0.161. The second-order valence-corrected chi connectivity index (χ2v) is 10.7. The van der Waals surface area contributed by atoms with E-state index in [9.17, 15) is 14.4 Å². The molecule has 0 bridgehead atoms. The summed E-state index contributed by atoms with van der Waals surface area (Å²) in [6.07, 6.45) is 0.339. The summed E-state index contributed by atoms with van der Waals surface area (Å²) in [6, 6.07) is 18.5. The van der Waals surface area contributed by atoms with Gasteiger partial charge in [0.2, 0.25) is 0 Å². The van der Waals surface area contributed by atoms with Crippen LogP contribution in [0.3, 0.4) is 0 Å². The van der Waals surface area contributed by atoms with Crippen LogP contribution in [0.15, 0.2) is 60.7 Å². The number of ketones is 1. The summed E-state index contributed by atoms with van der Waals surface area (Å²) >= 11 is 0. The van der Waals surface area contributed by atoms with Gasteiger partial charge in [-0.05, 0) is 59.4 Å². The first-order valence-electron chi connectivity index (χ1n) is 11.5. The second kappa shape index (κ2) is 9.50. The smallest absolute Gasteiger partial charge is 0.311 e. The Morgan fingerprint density at radius 3 is 1.70 bits per heavy atom. The lowest BCUT2D eigenvalue weighted by Crippen LogP contribution is -2.40. The van der Waals surface area contributed by atoms with Crippen LogP contribution in [0.4, 0.5) is 0 Å². The van der Waals surface area contributed by atoms with Crippen LogP contribution >= 0.6 is 0 Å². The van der Waals surface area contributed by atoms with Gasteiger partial charge in [-0.15, -0.1) is 0 Å². The van der Waals surface area contributed by atoms with E-state index >= 15 is 0 Å². The van der Waals surface area contributed by atoms with Gasteiger partial charge in [0.15, 0.2) is 5.78 Å². The van der Waals surface area contributed by atoms with Gasteiger partial charge in [0.1, 0.15) is 11.2 Å². The Hall–Kier alpha value is -2.95. The Balaban J connectivity index is 2.11. The normalized spacial score (nSPS) is 23.1. The fourth-order valence-corrected chi connectivity index (χ4v) is 4.55. The molecular weight excluding hydrogens is 416 g/mol. The first-order chi connectivity index (χ1) is 15.4. The van der Waals surface area contributed by atoms with Crippen LogP contribution in [0.1, 0.15) is 69.8 Å². The lowest BCUT2D eigenvalue weighted by molar-refractivity contribution is -0.172. The number of carbonyl (C=O) groups excluding carboxylic acids is 3. The summed E-state index contributed by atoms with van der Waals surface area (Å²) in [5.74, 6) is -3.92. The average Bonchev–Trinajstić information content (AvgIpc) is 3.13. The zero-order valence-corrected chi connectivity index (χ0v) is 20.3. The summed E-state index contributed by atoms with van der Waals surface area (Å²) in [7, 11) is 0. The van der Waals surface area contributed by atoms with Crippen LogP contribution in [0.25, 0.3) is 0 Å². The van der Waals surface area contributed by atoms with Crippen molar-refractivity contribution in [3.63, 3.8) is 0 Å². The topological polar surface area (TPSA) is 69.7 Å². The van der Waals surface area contributed by atoms with Crippen molar-refractivity contribution in [1.82, 2.24) is 0 Å². The van der Waals surface area contributed by atoms with E-state index in [1.807, 2.05) is 36.4 Å². The van der Waals surface area contributed by atoms with E-state index in [1.54, 1.807) is 65.8 Å². The third kappa shape index (κ3) is 6.10. The van der Waals surface area contributed by atoms with Gasteiger partial charge in [0.25, 0.3) is 0 Å². The molecule has 0 saturated heterocycles. The molecule has 5 heteroatoms. The largest absolute Gasteiger partial charge is 0.460 e. The van der Waals surface area contributed by atoms with E-state index < -0.39 is 40.9 Å². The third-order valence-corrected chi connectivity index (χ3v) is 5.74. The highest BCUT2D eigenvalue weighted by Gasteiger charge is 2.55. The number of hydrogen-bond acceptors (Lipinski definition) is 5. The van der Waals surface area contributed by atoms with Crippen molar-refractivity contribution in [2.24, 2.45) is 17.8 Å². The van der Waals surface area contributed by atoms with Crippen LogP contribution in [0.5, 0.6) is 0 Å². The summed E-state index contributed by atoms with van der Waals surface area (Å²) < 4.78 is 11.4. The van der Waals surface area contributed by atoms with E-state index in [2.05, 4.69) is 0 Å². The van der Waals surface area contributed by atoms with E-state index in [4.69, 9.17) is 9.47 Å². The molecular formula is C28H34O5. The highest BCUT2D eigenvalue weighted by molar-refractivity contribution is 6.02. The van der Waals surface area contributed by atoms with Crippen molar-refractivity contribution < 1.29 is 23.9 Å². The van der Waals surface area contributed by atoms with Gasteiger partial charge in [-0.1, -0.05) is 60.7 Å². The van der Waals surface area contributed by atoms with E-state index in [1.165, 1.54) is 0 Å². The average molecular weight is 451 g/mol. The number of hydrogen-bond donors (Lipinski definition) is 0. The van der Waals surface area contributed by atoms with Gasteiger partial charge in [-0.3, -0.25) is 14.4 Å². The van der Waals surface area contributed by atoms with Crippen molar-refractivity contribution >= 4 is 17.7 Å². The molecule has 4 atom stereocenters. The number of benzene rings is 2. The number of ether oxygens (including phenoxy) is 2. The first-order valence-corrected chi connectivity index (χ1v) is 11.5. The van der Waals surface area contributed by atoms with Crippen molar-refractivity contribution in [1.29, 1.82) is 0 Å². The molecule has 2 aromatic rings. The highest BCUT2D eigenvalue weighted by atomic mass is 16.6. The van der Waals surface area contributed by atoms with Gasteiger partial charge in [-0.25, -0.2) is 0 Å². The molecule has 5 nitrogen and oxygen atoms in total. The van der Waals surface area contributed by atoms with Gasteiger partial charge in [0.05, 0.1) is 11.8 Å². The van der Waals surface area contributed by atoms with Crippen molar-refractivity contribution in [2.75, 3.05) is 0 Å². The number of Topliss-reactive ketones (excluding diaryl/α,β-unsaturated/α-hetero) is 1. The Morgan fingerprint density at radius 1 is 0.697 bits per heavy atom. The Bertz CT molecular complexity index is 982. The van der Waals surface area contributed by atoms with Crippen LogP contribution < -0.4 is 0 Å². The molecule has 1 aliphatic rings. The number of esters is 2. The molecule has 1 fully saturated rings. The van der Waals surface area contributed by atoms with Crippen LogP contribution in [0, 0.1) is 17.8 Å². The molecule has 0 radical (unpaired) electrons. The van der Waals surface area contributed by atoms with Crippen molar-refractivity contribution in [3.05, 3.63) is 71.8 Å². The van der Waals surface area contributed by atoms with Crippen molar-refractivity contribution in [2.45, 2.75) is 65.1 Å². The maximum atomic E-state index is 13.8. The summed E-state index contributed by atoms with van der Waals surface area (Å²) in [4.78, 5) is 40.6. The van der Waals surface area contributed by atoms with Crippen LogP contribution in [0.2, 0.25) is 0 Å². The fourth-order valence-electron chi connectivity index (χ4n) is 4.55. The predicted molar refractivity (Wildman–Crippen MR) is 127 cm³/mol. The third-order valence-electron chi connectivity index (χ3n) is 5.74. The fraction of sp³-hybridized carbons (Fsp3) is 0.464. The van der Waals surface area contributed by atoms with Crippen molar-refractivity contribution in [3.8, 4) is 0 Å². The Morgan fingerprint density at radius 2 is 1.18 bits per heavy atom. The molecule has 0 unspecified atom stereocenters. The molecule has 0 aromatic heterocycles. The van der Waals surface area contributed by atoms with E-state index in [0.717, 1.165) is 5.56 Å². The summed E-state index contributed by atoms with van der Waals surface area (Å²) in [6.45, 7) is 10.7. The first kappa shape index (κ1) is 24.7. The molecule has 0 heterocycles. The van der Waals surface area contributed by atoms with Gasteiger partial charge in [-0.2, -0.15) is 0 Å². The molecule has 0 amide bonds.